The van der Waals surface area contributed by atoms with E-state index >= 15 is 0 Å². The molecule has 0 aliphatic carbocycles. The zero-order valence-corrected chi connectivity index (χ0v) is 13.7. The third-order valence-corrected chi connectivity index (χ3v) is 3.91. The number of fused-ring (bicyclic) bond motifs is 1. The lowest BCUT2D eigenvalue weighted by molar-refractivity contribution is 0.102. The SMILES string of the molecule is CC(C)c1ccccc1NC(=O)c1ccc2c(c1)CCN2.Cl. The van der Waals surface area contributed by atoms with Gasteiger partial charge in [-0.25, -0.2) is 0 Å². The molecule has 1 amide bonds. The summed E-state index contributed by atoms with van der Waals surface area (Å²) >= 11 is 0. The first-order valence-electron chi connectivity index (χ1n) is 7.42. The highest BCUT2D eigenvalue weighted by Gasteiger charge is 2.15. The van der Waals surface area contributed by atoms with Crippen LogP contribution in [0.2, 0.25) is 0 Å². The quantitative estimate of drug-likeness (QED) is 0.878. The van der Waals surface area contributed by atoms with Crippen molar-refractivity contribution in [3.63, 3.8) is 0 Å². The summed E-state index contributed by atoms with van der Waals surface area (Å²) in [5, 5.41) is 6.35. The summed E-state index contributed by atoms with van der Waals surface area (Å²) in [6.07, 6.45) is 0.985. The van der Waals surface area contributed by atoms with Crippen molar-refractivity contribution in [2.75, 3.05) is 17.2 Å². The van der Waals surface area contributed by atoms with Crippen LogP contribution in [0, 0.1) is 0 Å². The van der Waals surface area contributed by atoms with Crippen molar-refractivity contribution in [2.45, 2.75) is 26.2 Å². The lowest BCUT2D eigenvalue weighted by Gasteiger charge is -2.14. The highest BCUT2D eigenvalue weighted by atomic mass is 35.5. The van der Waals surface area contributed by atoms with E-state index in [9.17, 15) is 4.79 Å². The van der Waals surface area contributed by atoms with Gasteiger partial charge in [0.1, 0.15) is 0 Å². The molecule has 2 N–H and O–H groups in total. The molecule has 0 atom stereocenters. The van der Waals surface area contributed by atoms with Crippen molar-refractivity contribution >= 4 is 29.7 Å². The van der Waals surface area contributed by atoms with Crippen molar-refractivity contribution in [1.29, 1.82) is 0 Å². The van der Waals surface area contributed by atoms with Crippen LogP contribution in [-0.4, -0.2) is 12.5 Å². The Morgan fingerprint density at radius 3 is 2.73 bits per heavy atom. The number of benzene rings is 2. The van der Waals surface area contributed by atoms with E-state index in [2.05, 4.69) is 30.5 Å². The van der Waals surface area contributed by atoms with Crippen molar-refractivity contribution < 1.29 is 4.79 Å². The molecule has 1 aliphatic rings. The molecule has 0 spiro atoms. The van der Waals surface area contributed by atoms with Crippen LogP contribution >= 0.6 is 12.4 Å². The number of rotatable bonds is 3. The lowest BCUT2D eigenvalue weighted by Crippen LogP contribution is -2.13. The Hall–Kier alpha value is -2.00. The molecule has 0 saturated heterocycles. The maximum atomic E-state index is 12.5. The number of anilines is 2. The van der Waals surface area contributed by atoms with Crippen LogP contribution in [-0.2, 0) is 6.42 Å². The van der Waals surface area contributed by atoms with Gasteiger partial charge in [-0.05, 0) is 47.7 Å². The number of halogens is 1. The minimum Gasteiger partial charge on any atom is -0.384 e. The van der Waals surface area contributed by atoms with E-state index in [-0.39, 0.29) is 18.3 Å². The molecule has 4 heteroatoms. The van der Waals surface area contributed by atoms with Crippen molar-refractivity contribution in [3.05, 3.63) is 59.2 Å². The summed E-state index contributed by atoms with van der Waals surface area (Å²) < 4.78 is 0. The Labute approximate surface area is 137 Å². The van der Waals surface area contributed by atoms with E-state index in [0.717, 1.165) is 35.5 Å². The van der Waals surface area contributed by atoms with Gasteiger partial charge < -0.3 is 10.6 Å². The largest absolute Gasteiger partial charge is 0.384 e. The van der Waals surface area contributed by atoms with E-state index in [0.29, 0.717) is 5.92 Å². The zero-order valence-electron chi connectivity index (χ0n) is 12.8. The molecule has 0 unspecified atom stereocenters. The summed E-state index contributed by atoms with van der Waals surface area (Å²) in [5.74, 6) is 0.337. The van der Waals surface area contributed by atoms with Crippen LogP contribution in [0.4, 0.5) is 11.4 Å². The normalized spacial score (nSPS) is 12.3. The van der Waals surface area contributed by atoms with Crippen LogP contribution < -0.4 is 10.6 Å². The van der Waals surface area contributed by atoms with Crippen LogP contribution in [0.15, 0.2) is 42.5 Å². The molecule has 0 radical (unpaired) electrons. The van der Waals surface area contributed by atoms with Crippen LogP contribution in [0.3, 0.4) is 0 Å². The van der Waals surface area contributed by atoms with Gasteiger partial charge in [-0.15, -0.1) is 12.4 Å². The second-order valence-corrected chi connectivity index (χ2v) is 5.74. The van der Waals surface area contributed by atoms with Gasteiger partial charge in [-0.3, -0.25) is 4.79 Å². The summed E-state index contributed by atoms with van der Waals surface area (Å²) in [5.41, 5.74) is 5.15. The molecule has 1 heterocycles. The average Bonchev–Trinajstić information content (AvgIpc) is 2.94. The van der Waals surface area contributed by atoms with Gasteiger partial charge in [0.05, 0.1) is 0 Å². The van der Waals surface area contributed by atoms with Gasteiger partial charge in [0.2, 0.25) is 0 Å². The second-order valence-electron chi connectivity index (χ2n) is 5.74. The Morgan fingerprint density at radius 1 is 1.18 bits per heavy atom. The van der Waals surface area contributed by atoms with E-state index in [1.165, 1.54) is 5.56 Å². The highest BCUT2D eigenvalue weighted by Crippen LogP contribution is 2.26. The molecule has 22 heavy (non-hydrogen) atoms. The third kappa shape index (κ3) is 3.25. The highest BCUT2D eigenvalue weighted by molar-refractivity contribution is 6.05. The molecule has 3 rings (SSSR count). The van der Waals surface area contributed by atoms with E-state index in [1.54, 1.807) is 0 Å². The number of nitrogens with one attached hydrogen (secondary N) is 2. The van der Waals surface area contributed by atoms with Gasteiger partial charge in [-0.2, -0.15) is 0 Å². The van der Waals surface area contributed by atoms with E-state index in [1.807, 2.05) is 36.4 Å². The van der Waals surface area contributed by atoms with Gasteiger partial charge in [0.15, 0.2) is 0 Å². The fraction of sp³-hybridized carbons (Fsp3) is 0.278. The zero-order chi connectivity index (χ0) is 14.8. The van der Waals surface area contributed by atoms with Crippen molar-refractivity contribution in [3.8, 4) is 0 Å². The monoisotopic (exact) mass is 316 g/mol. The molecule has 3 nitrogen and oxygen atoms in total. The molecular weight excluding hydrogens is 296 g/mol. The number of amides is 1. The summed E-state index contributed by atoms with van der Waals surface area (Å²) in [6, 6.07) is 13.8. The molecule has 2 aromatic carbocycles. The molecule has 0 saturated carbocycles. The number of hydrogen-bond acceptors (Lipinski definition) is 2. The van der Waals surface area contributed by atoms with Gasteiger partial charge >= 0.3 is 0 Å². The topological polar surface area (TPSA) is 41.1 Å². The Bertz CT molecular complexity index is 683. The first-order valence-corrected chi connectivity index (χ1v) is 7.42. The average molecular weight is 317 g/mol. The lowest BCUT2D eigenvalue weighted by atomic mass is 10.0. The third-order valence-electron chi connectivity index (χ3n) is 3.91. The van der Waals surface area contributed by atoms with Crippen LogP contribution in [0.5, 0.6) is 0 Å². The van der Waals surface area contributed by atoms with Crippen molar-refractivity contribution in [2.24, 2.45) is 0 Å². The maximum Gasteiger partial charge on any atom is 0.255 e. The number of hydrogen-bond donors (Lipinski definition) is 2. The minimum atomic E-state index is -0.0437. The Balaban J connectivity index is 0.00000176. The van der Waals surface area contributed by atoms with E-state index < -0.39 is 0 Å². The first kappa shape index (κ1) is 16.4. The standard InChI is InChI=1S/C18H20N2O.ClH/c1-12(2)15-5-3-4-6-17(15)20-18(21)14-7-8-16-13(11-14)9-10-19-16;/h3-8,11-12,19H,9-10H2,1-2H3,(H,20,21);1H. The second kappa shape index (κ2) is 6.84. The molecule has 2 aromatic rings. The smallest absolute Gasteiger partial charge is 0.255 e. The molecule has 116 valence electrons. The van der Waals surface area contributed by atoms with E-state index in [4.69, 9.17) is 0 Å². The minimum absolute atomic E-state index is 0. The van der Waals surface area contributed by atoms with Gasteiger partial charge in [0.25, 0.3) is 5.91 Å². The fourth-order valence-electron chi connectivity index (χ4n) is 2.75. The van der Waals surface area contributed by atoms with Crippen LogP contribution in [0.25, 0.3) is 0 Å². The summed E-state index contributed by atoms with van der Waals surface area (Å²) in [6.45, 7) is 5.22. The maximum absolute atomic E-state index is 12.5. The summed E-state index contributed by atoms with van der Waals surface area (Å²) in [7, 11) is 0. The molecular formula is C18H21ClN2O. The summed E-state index contributed by atoms with van der Waals surface area (Å²) in [4.78, 5) is 12.5. The van der Waals surface area contributed by atoms with Gasteiger partial charge in [-0.1, -0.05) is 32.0 Å². The fourth-order valence-corrected chi connectivity index (χ4v) is 2.75. The molecule has 0 fully saturated rings. The van der Waals surface area contributed by atoms with Crippen LogP contribution in [0.1, 0.15) is 41.3 Å². The Morgan fingerprint density at radius 2 is 1.95 bits per heavy atom. The number of para-hydroxylation sites is 1. The number of carbonyl (C=O) groups is 1. The van der Waals surface area contributed by atoms with Crippen molar-refractivity contribution in [1.82, 2.24) is 0 Å². The first-order chi connectivity index (χ1) is 10.1. The number of carbonyl (C=O) groups excluding carboxylic acids is 1. The Kier molecular flexibility index (Phi) is 5.09. The predicted molar refractivity (Wildman–Crippen MR) is 94.4 cm³/mol. The molecule has 0 aromatic heterocycles. The molecule has 0 bridgehead atoms. The predicted octanol–water partition coefficient (Wildman–Crippen LogP) is 4.45. The van der Waals surface area contributed by atoms with Gasteiger partial charge in [0, 0.05) is 23.5 Å². The molecule has 1 aliphatic heterocycles.